The van der Waals surface area contributed by atoms with Gasteiger partial charge in [0.2, 0.25) is 11.7 Å². The van der Waals surface area contributed by atoms with Crippen molar-refractivity contribution in [2.75, 3.05) is 31.5 Å². The zero-order valence-electron chi connectivity index (χ0n) is 26.2. The Bertz CT molecular complexity index is 1940. The summed E-state index contributed by atoms with van der Waals surface area (Å²) >= 11 is 11.4. The van der Waals surface area contributed by atoms with Crippen molar-refractivity contribution in [3.63, 3.8) is 0 Å². The molecule has 4 rings (SSSR count). The number of rotatable bonds is 12. The van der Waals surface area contributed by atoms with Crippen LogP contribution in [0.15, 0.2) is 65.6 Å². The molecule has 0 spiro atoms. The van der Waals surface area contributed by atoms with Gasteiger partial charge in [0.05, 0.1) is 35.1 Å². The van der Waals surface area contributed by atoms with Gasteiger partial charge in [-0.2, -0.15) is 28.1 Å². The molecule has 0 saturated carbocycles. The second-order valence-corrected chi connectivity index (χ2v) is 11.7. The van der Waals surface area contributed by atoms with E-state index in [1.54, 1.807) is 19.9 Å². The first kappa shape index (κ1) is 39.3. The van der Waals surface area contributed by atoms with E-state index in [-0.39, 0.29) is 75.5 Å². The van der Waals surface area contributed by atoms with Gasteiger partial charge in [-0.3, -0.25) is 15.4 Å². The Morgan fingerprint density at radius 3 is 2.34 bits per heavy atom. The Morgan fingerprint density at radius 2 is 1.72 bits per heavy atom. The molecule has 0 bridgehead atoms. The van der Waals surface area contributed by atoms with Crippen LogP contribution in [0.1, 0.15) is 18.3 Å². The van der Waals surface area contributed by atoms with E-state index in [0.717, 1.165) is 18.2 Å². The minimum Gasteiger partial charge on any atom is -0.491 e. The van der Waals surface area contributed by atoms with E-state index < -0.39 is 32.7 Å². The molecular weight excluding hydrogens is 736 g/mol. The van der Waals surface area contributed by atoms with Gasteiger partial charge >= 0.3 is 23.9 Å². The quantitative estimate of drug-likeness (QED) is 0.0875. The predicted molar refractivity (Wildman–Crippen MR) is 174 cm³/mol. The van der Waals surface area contributed by atoms with Crippen LogP contribution in [0, 0.1) is 17.0 Å². The largest absolute Gasteiger partial charge is 0.491 e. The van der Waals surface area contributed by atoms with Crippen molar-refractivity contribution in [3.8, 4) is 29.0 Å². The fourth-order valence-corrected chi connectivity index (χ4v) is 5.07. The maximum Gasteiger partial charge on any atom is 0.416 e. The molecule has 50 heavy (non-hydrogen) atoms. The lowest BCUT2D eigenvalue weighted by Crippen LogP contribution is -2.35. The van der Waals surface area contributed by atoms with Gasteiger partial charge in [0.25, 0.3) is 10.0 Å². The number of sulfonamides is 1. The number of aromatic nitrogens is 3. The van der Waals surface area contributed by atoms with Gasteiger partial charge in [-0.05, 0) is 50.2 Å². The number of amides is 2. The number of carbonyl (C=O) groups excluding carboxylic acids is 1. The van der Waals surface area contributed by atoms with Gasteiger partial charge in [0.15, 0.2) is 0 Å². The van der Waals surface area contributed by atoms with Crippen molar-refractivity contribution in [2.45, 2.75) is 24.9 Å². The van der Waals surface area contributed by atoms with E-state index in [2.05, 4.69) is 20.3 Å². The number of aryl methyl sites for hydroxylation is 1. The fourth-order valence-electron chi connectivity index (χ4n) is 3.72. The standard InChI is InChI=1S/C15H11ClF3NO4.C14H16ClN5O5S/c1-2-23-14-8-10(4-5-12(14)20(21)22)24-13-6-3-9(7-11(13)16)15(17,18)19;1-9-16-12(19-14(17-9)24-2)18-13(21)20-26(22,23)11-6-4-3-5-10(11)25-8-7-15/h3-8H,2H2,1H3;3-6H,7-8H2,1-2H3,(H2,16,17,18,19,20,21). The number of ether oxygens (including phenoxy) is 4. The van der Waals surface area contributed by atoms with Crippen LogP contribution in [-0.2, 0) is 16.2 Å². The zero-order chi connectivity index (χ0) is 37.1. The van der Waals surface area contributed by atoms with Gasteiger partial charge < -0.3 is 18.9 Å². The number of halogens is 5. The summed E-state index contributed by atoms with van der Waals surface area (Å²) in [5, 5.41) is 12.9. The molecule has 0 radical (unpaired) electrons. The molecule has 0 fully saturated rings. The number of para-hydroxylation sites is 1. The maximum absolute atomic E-state index is 12.6. The Morgan fingerprint density at radius 1 is 1.00 bits per heavy atom. The Hall–Kier alpha value is -5.14. The molecule has 0 saturated heterocycles. The van der Waals surface area contributed by atoms with Gasteiger partial charge in [-0.15, -0.1) is 11.6 Å². The first-order valence-electron chi connectivity index (χ1n) is 13.9. The number of nitro groups is 1. The Kier molecular flexibility index (Phi) is 13.8. The first-order valence-corrected chi connectivity index (χ1v) is 16.3. The molecule has 1 heterocycles. The fraction of sp³-hybridized carbons (Fsp3) is 0.241. The monoisotopic (exact) mass is 762 g/mol. The highest BCUT2D eigenvalue weighted by Crippen LogP contribution is 2.38. The molecule has 0 aliphatic rings. The van der Waals surface area contributed by atoms with Crippen molar-refractivity contribution in [2.24, 2.45) is 0 Å². The van der Waals surface area contributed by atoms with Crippen LogP contribution in [-0.4, -0.2) is 60.5 Å². The maximum atomic E-state index is 12.6. The summed E-state index contributed by atoms with van der Waals surface area (Å²) in [4.78, 5) is 33.7. The second kappa shape index (κ2) is 17.5. The molecule has 3 aromatic carbocycles. The van der Waals surface area contributed by atoms with Crippen LogP contribution >= 0.6 is 23.2 Å². The second-order valence-electron chi connectivity index (χ2n) is 9.30. The molecule has 2 N–H and O–H groups in total. The van der Waals surface area contributed by atoms with E-state index in [4.69, 9.17) is 42.1 Å². The molecule has 1 aromatic heterocycles. The number of urea groups is 1. The average Bonchev–Trinajstić information content (AvgIpc) is 3.04. The molecule has 15 nitrogen and oxygen atoms in total. The topological polar surface area (TPSA) is 194 Å². The van der Waals surface area contributed by atoms with Crippen LogP contribution in [0.5, 0.6) is 29.0 Å². The average molecular weight is 764 g/mol. The minimum absolute atomic E-state index is 0.0111. The third-order valence-corrected chi connectivity index (χ3v) is 7.57. The van der Waals surface area contributed by atoms with Gasteiger partial charge in [0.1, 0.15) is 34.6 Å². The number of benzene rings is 3. The van der Waals surface area contributed by atoms with E-state index in [1.807, 2.05) is 4.72 Å². The zero-order valence-corrected chi connectivity index (χ0v) is 28.5. The Balaban J connectivity index is 0.000000271. The molecule has 0 aliphatic heterocycles. The molecule has 0 aliphatic carbocycles. The molecular formula is C29H27Cl2F3N6O9S. The van der Waals surface area contributed by atoms with E-state index in [0.29, 0.717) is 0 Å². The van der Waals surface area contributed by atoms with Crippen LogP contribution in [0.2, 0.25) is 5.02 Å². The highest BCUT2D eigenvalue weighted by molar-refractivity contribution is 7.90. The van der Waals surface area contributed by atoms with E-state index in [1.165, 1.54) is 43.5 Å². The van der Waals surface area contributed by atoms with Crippen molar-refractivity contribution < 1.29 is 50.3 Å². The van der Waals surface area contributed by atoms with E-state index >= 15 is 0 Å². The van der Waals surface area contributed by atoms with Crippen LogP contribution in [0.4, 0.5) is 29.6 Å². The number of hydrogen-bond acceptors (Lipinski definition) is 12. The third-order valence-electron chi connectivity index (χ3n) is 5.75. The number of nitrogens with one attached hydrogen (secondary N) is 2. The van der Waals surface area contributed by atoms with Crippen LogP contribution in [0.3, 0.4) is 0 Å². The number of alkyl halides is 4. The SMILES string of the molecule is CCOc1cc(Oc2ccc(C(F)(F)F)cc2Cl)ccc1[N+](=O)[O-].COc1nc(C)nc(NC(=O)NS(=O)(=O)c2ccccc2OCCCl)n1. The van der Waals surface area contributed by atoms with Crippen molar-refractivity contribution in [1.82, 2.24) is 19.7 Å². The lowest BCUT2D eigenvalue weighted by molar-refractivity contribution is -0.385. The lowest BCUT2D eigenvalue weighted by Gasteiger charge is -2.12. The number of nitro benzene ring substituents is 1. The van der Waals surface area contributed by atoms with Gasteiger partial charge in [0, 0.05) is 12.1 Å². The van der Waals surface area contributed by atoms with E-state index in [9.17, 15) is 36.5 Å². The molecule has 268 valence electrons. The summed E-state index contributed by atoms with van der Waals surface area (Å²) in [6, 6.07) is 11.2. The number of methoxy groups -OCH3 is 1. The summed E-state index contributed by atoms with van der Waals surface area (Å²) in [7, 11) is -2.85. The summed E-state index contributed by atoms with van der Waals surface area (Å²) in [5.41, 5.74) is -1.15. The number of carbonyl (C=O) groups is 1. The highest BCUT2D eigenvalue weighted by atomic mass is 35.5. The molecule has 0 atom stereocenters. The summed E-state index contributed by atoms with van der Waals surface area (Å²) in [6.45, 7) is 3.54. The van der Waals surface area contributed by atoms with Gasteiger partial charge in [-0.25, -0.2) is 17.9 Å². The molecule has 2 amide bonds. The van der Waals surface area contributed by atoms with Crippen molar-refractivity contribution in [3.05, 3.63) is 87.2 Å². The van der Waals surface area contributed by atoms with Gasteiger partial charge in [-0.1, -0.05) is 23.7 Å². The highest BCUT2D eigenvalue weighted by Gasteiger charge is 2.31. The van der Waals surface area contributed by atoms with Crippen LogP contribution < -0.4 is 29.0 Å². The number of hydrogen-bond donors (Lipinski definition) is 2. The first-order chi connectivity index (χ1) is 23.6. The lowest BCUT2D eigenvalue weighted by atomic mass is 10.2. The number of nitrogens with zero attached hydrogens (tertiary/aromatic N) is 4. The third kappa shape index (κ3) is 11.2. The Labute approximate surface area is 292 Å². The van der Waals surface area contributed by atoms with Crippen LogP contribution in [0.25, 0.3) is 0 Å². The normalized spacial score (nSPS) is 11.0. The predicted octanol–water partition coefficient (Wildman–Crippen LogP) is 6.77. The smallest absolute Gasteiger partial charge is 0.416 e. The van der Waals surface area contributed by atoms with Crippen molar-refractivity contribution >= 4 is 50.9 Å². The summed E-state index contributed by atoms with van der Waals surface area (Å²) < 4.78 is 85.3. The summed E-state index contributed by atoms with van der Waals surface area (Å²) in [5.74, 6) is 0.507. The minimum atomic E-state index is -4.52. The molecule has 21 heteroatoms. The summed E-state index contributed by atoms with van der Waals surface area (Å²) in [6.07, 6.45) is -4.52. The molecule has 0 unspecified atom stereocenters. The molecule has 4 aromatic rings. The van der Waals surface area contributed by atoms with Crippen molar-refractivity contribution in [1.29, 1.82) is 0 Å². The number of anilines is 1.